The summed E-state index contributed by atoms with van der Waals surface area (Å²) < 4.78 is 15.7. The average Bonchev–Trinajstić information content (AvgIpc) is 2.60. The smallest absolute Gasteiger partial charge is 0.185 e. The first kappa shape index (κ1) is 17.6. The molecule has 0 fully saturated rings. The van der Waals surface area contributed by atoms with Gasteiger partial charge in [-0.1, -0.05) is 18.2 Å². The van der Waals surface area contributed by atoms with Crippen LogP contribution in [0.4, 0.5) is 0 Å². The van der Waals surface area contributed by atoms with E-state index in [1.807, 2.05) is 0 Å². The number of carbonyl (C=O) groups excluding carboxylic acids is 1. The van der Waals surface area contributed by atoms with Crippen LogP contribution in [0.1, 0.15) is 15.9 Å². The summed E-state index contributed by atoms with van der Waals surface area (Å²) in [5.41, 5.74) is 1.23. The Balaban J connectivity index is 2.11. The first-order valence-corrected chi connectivity index (χ1v) is 7.45. The van der Waals surface area contributed by atoms with Gasteiger partial charge in [-0.15, -0.1) is 0 Å². The highest BCUT2D eigenvalue weighted by Crippen LogP contribution is 2.28. The van der Waals surface area contributed by atoms with E-state index in [0.717, 1.165) is 5.56 Å². The number of rotatable bonds is 8. The van der Waals surface area contributed by atoms with Crippen LogP contribution in [0.5, 0.6) is 17.2 Å². The number of ketones is 1. The van der Waals surface area contributed by atoms with Crippen molar-refractivity contribution in [3.05, 3.63) is 59.7 Å². The minimum Gasteiger partial charge on any atom is -0.508 e. The maximum atomic E-state index is 12.3. The standard InChI is InChI=1S/C19H20O5/c1-22-10-11-24-18-9-7-15(13-19(18)23-2)17(21)8-6-14-4-3-5-16(20)12-14/h3-9,12-13,20H,10-11H2,1-2H3/b8-6+. The number of hydrogen-bond donors (Lipinski definition) is 1. The van der Waals surface area contributed by atoms with Crippen LogP contribution in [0.25, 0.3) is 6.08 Å². The summed E-state index contributed by atoms with van der Waals surface area (Å²) in [5, 5.41) is 9.42. The van der Waals surface area contributed by atoms with E-state index >= 15 is 0 Å². The molecule has 1 N–H and O–H groups in total. The summed E-state index contributed by atoms with van der Waals surface area (Å²) in [5.74, 6) is 1.04. The second kappa shape index (κ2) is 8.74. The van der Waals surface area contributed by atoms with Gasteiger partial charge in [0.15, 0.2) is 17.3 Å². The van der Waals surface area contributed by atoms with Crippen LogP contribution in [-0.2, 0) is 4.74 Å². The second-order valence-corrected chi connectivity index (χ2v) is 5.00. The Hall–Kier alpha value is -2.79. The molecule has 126 valence electrons. The van der Waals surface area contributed by atoms with Crippen molar-refractivity contribution in [2.75, 3.05) is 27.4 Å². The summed E-state index contributed by atoms with van der Waals surface area (Å²) >= 11 is 0. The first-order valence-electron chi connectivity index (χ1n) is 7.45. The van der Waals surface area contributed by atoms with Gasteiger partial charge in [0, 0.05) is 12.7 Å². The average molecular weight is 328 g/mol. The molecule has 0 radical (unpaired) electrons. The molecule has 0 unspecified atom stereocenters. The van der Waals surface area contributed by atoms with Crippen molar-refractivity contribution in [2.45, 2.75) is 0 Å². The minimum atomic E-state index is -0.167. The molecule has 0 spiro atoms. The van der Waals surface area contributed by atoms with E-state index in [1.54, 1.807) is 55.7 Å². The molecule has 2 aromatic carbocycles. The Morgan fingerprint density at radius 3 is 2.62 bits per heavy atom. The van der Waals surface area contributed by atoms with Crippen LogP contribution >= 0.6 is 0 Å². The Bertz CT molecular complexity index is 721. The van der Waals surface area contributed by atoms with Gasteiger partial charge in [-0.2, -0.15) is 0 Å². The molecule has 0 amide bonds. The molecule has 0 saturated heterocycles. The fourth-order valence-electron chi connectivity index (χ4n) is 2.07. The van der Waals surface area contributed by atoms with Crippen molar-refractivity contribution in [3.8, 4) is 17.2 Å². The van der Waals surface area contributed by atoms with E-state index in [9.17, 15) is 9.90 Å². The van der Waals surface area contributed by atoms with E-state index in [2.05, 4.69) is 0 Å². The van der Waals surface area contributed by atoms with Gasteiger partial charge in [-0.25, -0.2) is 0 Å². The molecule has 0 aliphatic carbocycles. The van der Waals surface area contributed by atoms with Crippen LogP contribution in [0.2, 0.25) is 0 Å². The summed E-state index contributed by atoms with van der Waals surface area (Å²) in [4.78, 5) is 12.3. The molecular weight excluding hydrogens is 308 g/mol. The number of benzene rings is 2. The van der Waals surface area contributed by atoms with Crippen LogP contribution in [0, 0.1) is 0 Å². The van der Waals surface area contributed by atoms with E-state index in [1.165, 1.54) is 13.2 Å². The Morgan fingerprint density at radius 2 is 1.92 bits per heavy atom. The highest BCUT2D eigenvalue weighted by Gasteiger charge is 2.09. The topological polar surface area (TPSA) is 65.0 Å². The number of methoxy groups -OCH3 is 2. The first-order chi connectivity index (χ1) is 11.6. The summed E-state index contributed by atoms with van der Waals surface area (Å²) in [6.45, 7) is 0.869. The molecule has 0 bridgehead atoms. The van der Waals surface area contributed by atoms with Crippen LogP contribution < -0.4 is 9.47 Å². The van der Waals surface area contributed by atoms with Gasteiger partial charge in [-0.3, -0.25) is 4.79 Å². The fourth-order valence-corrected chi connectivity index (χ4v) is 2.07. The predicted molar refractivity (Wildman–Crippen MR) is 91.8 cm³/mol. The number of aromatic hydroxyl groups is 1. The zero-order valence-corrected chi connectivity index (χ0v) is 13.7. The zero-order valence-electron chi connectivity index (χ0n) is 13.7. The molecular formula is C19H20O5. The number of phenols is 1. The molecule has 5 nitrogen and oxygen atoms in total. The molecule has 2 rings (SSSR count). The lowest BCUT2D eigenvalue weighted by molar-refractivity contribution is 0.104. The lowest BCUT2D eigenvalue weighted by Crippen LogP contribution is -2.06. The van der Waals surface area contributed by atoms with Crippen molar-refractivity contribution in [1.82, 2.24) is 0 Å². The lowest BCUT2D eigenvalue weighted by atomic mass is 10.1. The third-order valence-corrected chi connectivity index (χ3v) is 3.29. The van der Waals surface area contributed by atoms with Crippen molar-refractivity contribution < 1.29 is 24.1 Å². The van der Waals surface area contributed by atoms with Crippen molar-refractivity contribution >= 4 is 11.9 Å². The molecule has 0 atom stereocenters. The summed E-state index contributed by atoms with van der Waals surface area (Å²) in [7, 11) is 3.12. The molecule has 0 aromatic heterocycles. The Kier molecular flexibility index (Phi) is 6.40. The van der Waals surface area contributed by atoms with Crippen LogP contribution in [-0.4, -0.2) is 38.3 Å². The van der Waals surface area contributed by atoms with Crippen molar-refractivity contribution in [2.24, 2.45) is 0 Å². The molecule has 2 aromatic rings. The van der Waals surface area contributed by atoms with Gasteiger partial charge >= 0.3 is 0 Å². The quantitative estimate of drug-likeness (QED) is 0.457. The zero-order chi connectivity index (χ0) is 17.4. The third-order valence-electron chi connectivity index (χ3n) is 3.29. The van der Waals surface area contributed by atoms with Gasteiger partial charge in [0.2, 0.25) is 0 Å². The van der Waals surface area contributed by atoms with Gasteiger partial charge in [0.25, 0.3) is 0 Å². The van der Waals surface area contributed by atoms with E-state index in [-0.39, 0.29) is 11.5 Å². The van der Waals surface area contributed by atoms with Crippen molar-refractivity contribution in [1.29, 1.82) is 0 Å². The highest BCUT2D eigenvalue weighted by atomic mass is 16.5. The molecule has 0 aliphatic heterocycles. The van der Waals surface area contributed by atoms with E-state index in [4.69, 9.17) is 14.2 Å². The van der Waals surface area contributed by atoms with Crippen LogP contribution in [0.15, 0.2) is 48.5 Å². The number of phenolic OH excluding ortho intramolecular Hbond substituents is 1. The highest BCUT2D eigenvalue weighted by molar-refractivity contribution is 6.07. The predicted octanol–water partition coefficient (Wildman–Crippen LogP) is 3.32. The van der Waals surface area contributed by atoms with E-state index in [0.29, 0.717) is 30.3 Å². The van der Waals surface area contributed by atoms with Gasteiger partial charge in [0.1, 0.15) is 12.4 Å². The summed E-state index contributed by atoms with van der Waals surface area (Å²) in [6.07, 6.45) is 3.10. The Labute approximate surface area is 141 Å². The van der Waals surface area contributed by atoms with E-state index < -0.39 is 0 Å². The maximum Gasteiger partial charge on any atom is 0.185 e. The Morgan fingerprint density at radius 1 is 1.08 bits per heavy atom. The van der Waals surface area contributed by atoms with Crippen molar-refractivity contribution in [3.63, 3.8) is 0 Å². The minimum absolute atomic E-state index is 0.156. The number of ether oxygens (including phenoxy) is 3. The molecule has 5 heteroatoms. The largest absolute Gasteiger partial charge is 0.508 e. The SMILES string of the molecule is COCCOc1ccc(C(=O)/C=C/c2cccc(O)c2)cc1OC. The maximum absolute atomic E-state index is 12.3. The fraction of sp³-hybridized carbons (Fsp3) is 0.211. The second-order valence-electron chi connectivity index (χ2n) is 5.00. The number of carbonyl (C=O) groups is 1. The molecule has 24 heavy (non-hydrogen) atoms. The molecule has 0 saturated carbocycles. The molecule has 0 heterocycles. The van der Waals surface area contributed by atoms with Gasteiger partial charge < -0.3 is 19.3 Å². The van der Waals surface area contributed by atoms with Gasteiger partial charge in [-0.05, 0) is 42.0 Å². The molecule has 0 aliphatic rings. The van der Waals surface area contributed by atoms with Crippen LogP contribution in [0.3, 0.4) is 0 Å². The number of hydrogen-bond acceptors (Lipinski definition) is 5. The van der Waals surface area contributed by atoms with Gasteiger partial charge in [0.05, 0.1) is 13.7 Å². The monoisotopic (exact) mass is 328 g/mol. The normalized spacial score (nSPS) is 10.8. The number of allylic oxidation sites excluding steroid dienone is 1. The third kappa shape index (κ3) is 4.86. The lowest BCUT2D eigenvalue weighted by Gasteiger charge is -2.11. The summed E-state index contributed by atoms with van der Waals surface area (Å²) in [6, 6.07) is 11.7.